The number of piperidine rings is 1. The minimum Gasteiger partial charge on any atom is -0.368 e. The Hall–Kier alpha value is -1.76. The molecule has 0 aliphatic carbocycles. The molecular formula is C17H21N3O2S. The summed E-state index contributed by atoms with van der Waals surface area (Å²) in [6.45, 7) is 3.57. The Morgan fingerprint density at radius 1 is 1.30 bits per heavy atom. The molecule has 3 rings (SSSR count). The van der Waals surface area contributed by atoms with Crippen molar-refractivity contribution in [1.82, 2.24) is 10.3 Å². The molecule has 2 heterocycles. The predicted molar refractivity (Wildman–Crippen MR) is 92.8 cm³/mol. The third kappa shape index (κ3) is 3.44. The Labute approximate surface area is 140 Å². The molecule has 122 valence electrons. The van der Waals surface area contributed by atoms with Gasteiger partial charge in [-0.05, 0) is 57.1 Å². The molecule has 0 spiro atoms. The molecule has 2 aromatic rings. The van der Waals surface area contributed by atoms with Crippen LogP contribution in [0.15, 0.2) is 29.6 Å². The molecule has 1 aliphatic heterocycles. The van der Waals surface area contributed by atoms with Crippen molar-refractivity contribution in [1.29, 1.82) is 0 Å². The van der Waals surface area contributed by atoms with Crippen LogP contribution in [0.1, 0.15) is 18.5 Å². The van der Waals surface area contributed by atoms with E-state index in [9.17, 15) is 4.79 Å². The summed E-state index contributed by atoms with van der Waals surface area (Å²) in [6.07, 6.45) is 1.37. The van der Waals surface area contributed by atoms with E-state index in [2.05, 4.69) is 15.6 Å². The first-order valence-corrected chi connectivity index (χ1v) is 8.61. The lowest BCUT2D eigenvalue weighted by molar-refractivity contribution is -0.140. The van der Waals surface area contributed by atoms with E-state index in [1.165, 1.54) is 0 Å². The zero-order valence-corrected chi connectivity index (χ0v) is 14.2. The maximum atomic E-state index is 12.6. The van der Waals surface area contributed by atoms with Gasteiger partial charge in [-0.1, -0.05) is 0 Å². The number of amides is 1. The molecule has 1 aliphatic rings. The van der Waals surface area contributed by atoms with Crippen LogP contribution in [-0.2, 0) is 9.53 Å². The molecule has 1 amide bonds. The highest BCUT2D eigenvalue weighted by atomic mass is 32.1. The number of ether oxygens (including phenoxy) is 1. The summed E-state index contributed by atoms with van der Waals surface area (Å²) in [5.74, 6) is -0.0701. The van der Waals surface area contributed by atoms with Gasteiger partial charge in [0.2, 0.25) is 0 Å². The number of carbonyl (C=O) groups is 1. The number of nitrogens with zero attached hydrogens (tertiary/aromatic N) is 1. The van der Waals surface area contributed by atoms with E-state index in [1.54, 1.807) is 18.4 Å². The second-order valence-corrected chi connectivity index (χ2v) is 6.63. The largest absolute Gasteiger partial charge is 0.368 e. The number of rotatable bonds is 4. The highest BCUT2D eigenvalue weighted by Gasteiger charge is 2.39. The Morgan fingerprint density at radius 2 is 2.00 bits per heavy atom. The van der Waals surface area contributed by atoms with Crippen LogP contribution in [-0.4, -0.2) is 36.7 Å². The Kier molecular flexibility index (Phi) is 4.75. The van der Waals surface area contributed by atoms with Crippen molar-refractivity contribution < 1.29 is 9.53 Å². The van der Waals surface area contributed by atoms with Crippen molar-refractivity contribution in [3.8, 4) is 10.6 Å². The summed E-state index contributed by atoms with van der Waals surface area (Å²) < 4.78 is 5.55. The molecule has 0 unspecified atom stereocenters. The number of thiazole rings is 1. The number of benzene rings is 1. The standard InChI is InChI=1S/C17H21N3O2S/c1-12-11-23-15(19-12)13-3-5-14(6-4-13)20-16(21)17(22-2)7-9-18-10-8-17/h3-6,11,18H,7-10H2,1-2H3,(H,20,21). The number of hydrogen-bond donors (Lipinski definition) is 2. The Morgan fingerprint density at radius 3 is 2.57 bits per heavy atom. The fourth-order valence-electron chi connectivity index (χ4n) is 2.78. The highest BCUT2D eigenvalue weighted by Crippen LogP contribution is 2.27. The third-order valence-electron chi connectivity index (χ3n) is 4.22. The molecule has 1 saturated heterocycles. The van der Waals surface area contributed by atoms with Crippen LogP contribution in [0, 0.1) is 6.92 Å². The molecule has 5 nitrogen and oxygen atoms in total. The maximum Gasteiger partial charge on any atom is 0.256 e. The molecule has 1 aromatic heterocycles. The predicted octanol–water partition coefficient (Wildman–Crippen LogP) is 2.83. The highest BCUT2D eigenvalue weighted by molar-refractivity contribution is 7.13. The summed E-state index contributed by atoms with van der Waals surface area (Å²) in [7, 11) is 1.61. The molecule has 0 saturated carbocycles. The first-order valence-electron chi connectivity index (χ1n) is 7.73. The van der Waals surface area contributed by atoms with Crippen molar-refractivity contribution in [2.24, 2.45) is 0 Å². The molecule has 0 bridgehead atoms. The van der Waals surface area contributed by atoms with Crippen molar-refractivity contribution >= 4 is 22.9 Å². The van der Waals surface area contributed by atoms with Crippen molar-refractivity contribution in [2.75, 3.05) is 25.5 Å². The summed E-state index contributed by atoms with van der Waals surface area (Å²) in [4.78, 5) is 17.1. The molecule has 23 heavy (non-hydrogen) atoms. The minimum absolute atomic E-state index is 0.0701. The van der Waals surface area contributed by atoms with Gasteiger partial charge in [0.15, 0.2) is 0 Å². The van der Waals surface area contributed by atoms with Crippen LogP contribution in [0.5, 0.6) is 0 Å². The van der Waals surface area contributed by atoms with E-state index in [0.717, 1.165) is 35.0 Å². The number of nitrogens with one attached hydrogen (secondary N) is 2. The lowest BCUT2D eigenvalue weighted by Crippen LogP contribution is -2.51. The lowest BCUT2D eigenvalue weighted by Gasteiger charge is -2.34. The minimum atomic E-state index is -0.726. The lowest BCUT2D eigenvalue weighted by atomic mass is 9.91. The average molecular weight is 331 g/mol. The number of aryl methyl sites for hydroxylation is 1. The van der Waals surface area contributed by atoms with Crippen molar-refractivity contribution in [2.45, 2.75) is 25.4 Å². The quantitative estimate of drug-likeness (QED) is 0.904. The second-order valence-electron chi connectivity index (χ2n) is 5.77. The Bertz CT molecular complexity index is 675. The van der Waals surface area contributed by atoms with Crippen LogP contribution >= 0.6 is 11.3 Å². The summed E-state index contributed by atoms with van der Waals surface area (Å²) >= 11 is 1.62. The molecule has 0 atom stereocenters. The van der Waals surface area contributed by atoms with Crippen LogP contribution < -0.4 is 10.6 Å². The monoisotopic (exact) mass is 331 g/mol. The molecule has 6 heteroatoms. The fraction of sp³-hybridized carbons (Fsp3) is 0.412. The molecule has 1 fully saturated rings. The van der Waals surface area contributed by atoms with Gasteiger partial charge >= 0.3 is 0 Å². The van der Waals surface area contributed by atoms with Crippen LogP contribution in [0.2, 0.25) is 0 Å². The summed E-state index contributed by atoms with van der Waals surface area (Å²) in [5, 5.41) is 9.26. The van der Waals surface area contributed by atoms with E-state index < -0.39 is 5.60 Å². The van der Waals surface area contributed by atoms with E-state index >= 15 is 0 Å². The van der Waals surface area contributed by atoms with Gasteiger partial charge in [-0.3, -0.25) is 4.79 Å². The third-order valence-corrected chi connectivity index (χ3v) is 5.23. The van der Waals surface area contributed by atoms with Gasteiger partial charge < -0.3 is 15.4 Å². The van der Waals surface area contributed by atoms with Gasteiger partial charge in [0.25, 0.3) is 5.91 Å². The number of hydrogen-bond acceptors (Lipinski definition) is 5. The van der Waals surface area contributed by atoms with Gasteiger partial charge in [-0.25, -0.2) is 4.98 Å². The first-order chi connectivity index (χ1) is 11.1. The topological polar surface area (TPSA) is 63.2 Å². The SMILES string of the molecule is COC1(C(=O)Nc2ccc(-c3nc(C)cs3)cc2)CCNCC1. The van der Waals surface area contributed by atoms with Gasteiger partial charge in [0.05, 0.1) is 0 Å². The van der Waals surface area contributed by atoms with E-state index in [-0.39, 0.29) is 5.91 Å². The zero-order valence-electron chi connectivity index (χ0n) is 13.4. The van der Waals surface area contributed by atoms with Crippen LogP contribution in [0.4, 0.5) is 5.69 Å². The van der Waals surface area contributed by atoms with E-state index in [4.69, 9.17) is 4.74 Å². The maximum absolute atomic E-state index is 12.6. The number of anilines is 1. The molecule has 1 aromatic carbocycles. The number of carbonyl (C=O) groups excluding carboxylic acids is 1. The van der Waals surface area contributed by atoms with Gasteiger partial charge in [0.1, 0.15) is 10.6 Å². The number of methoxy groups -OCH3 is 1. The average Bonchev–Trinajstić information content (AvgIpc) is 3.02. The summed E-state index contributed by atoms with van der Waals surface area (Å²) in [6, 6.07) is 7.79. The van der Waals surface area contributed by atoms with E-state index in [1.807, 2.05) is 36.6 Å². The fourth-order valence-corrected chi connectivity index (χ4v) is 3.59. The van der Waals surface area contributed by atoms with Gasteiger partial charge in [-0.2, -0.15) is 0 Å². The molecule has 2 N–H and O–H groups in total. The Balaban J connectivity index is 1.71. The molecule has 0 radical (unpaired) electrons. The van der Waals surface area contributed by atoms with Crippen molar-refractivity contribution in [3.05, 3.63) is 35.3 Å². The van der Waals surface area contributed by atoms with E-state index in [0.29, 0.717) is 12.8 Å². The summed E-state index contributed by atoms with van der Waals surface area (Å²) in [5.41, 5.74) is 2.14. The molecular weight excluding hydrogens is 310 g/mol. The van der Waals surface area contributed by atoms with Crippen LogP contribution in [0.3, 0.4) is 0 Å². The van der Waals surface area contributed by atoms with Crippen LogP contribution in [0.25, 0.3) is 10.6 Å². The normalized spacial score (nSPS) is 17.0. The van der Waals surface area contributed by atoms with Gasteiger partial charge in [0, 0.05) is 29.4 Å². The first kappa shape index (κ1) is 16.1. The smallest absolute Gasteiger partial charge is 0.256 e. The van der Waals surface area contributed by atoms with Gasteiger partial charge in [-0.15, -0.1) is 11.3 Å². The second kappa shape index (κ2) is 6.78. The van der Waals surface area contributed by atoms with Crippen molar-refractivity contribution in [3.63, 3.8) is 0 Å². The number of aromatic nitrogens is 1. The zero-order chi connectivity index (χ0) is 16.3.